The lowest BCUT2D eigenvalue weighted by atomic mass is 10.3. The first-order valence-electron chi connectivity index (χ1n) is 4.22. The molecule has 0 amide bonds. The van der Waals surface area contributed by atoms with Crippen molar-refractivity contribution in [1.29, 1.82) is 0 Å². The molecule has 0 aliphatic rings. The van der Waals surface area contributed by atoms with Crippen molar-refractivity contribution in [2.24, 2.45) is 0 Å². The molecule has 0 aromatic carbocycles. The largest absolute Gasteiger partial charge is 0.311 e. The fourth-order valence-electron chi connectivity index (χ4n) is 1.35. The monoisotopic (exact) mass is 177 g/mol. The molecular formula is C8H11N5. The van der Waals surface area contributed by atoms with Crippen LogP contribution in [0.4, 0.5) is 0 Å². The zero-order chi connectivity index (χ0) is 9.26. The van der Waals surface area contributed by atoms with E-state index in [9.17, 15) is 0 Å². The Labute approximate surface area is 75.8 Å². The Bertz CT molecular complexity index is 387. The molecule has 0 bridgehead atoms. The fraction of sp³-hybridized carbons (Fsp3) is 0.375. The maximum atomic E-state index is 4.08. The Morgan fingerprint density at radius 2 is 2.31 bits per heavy atom. The summed E-state index contributed by atoms with van der Waals surface area (Å²) < 4.78 is 2.05. The molecule has 0 atom stereocenters. The zero-order valence-electron chi connectivity index (χ0n) is 7.65. The van der Waals surface area contributed by atoms with Gasteiger partial charge in [-0.15, -0.1) is 10.2 Å². The highest BCUT2D eigenvalue weighted by Gasteiger charge is 2.09. The second kappa shape index (κ2) is 3.01. The van der Waals surface area contributed by atoms with Crippen LogP contribution in [-0.4, -0.2) is 25.0 Å². The average Bonchev–Trinajstić information content (AvgIpc) is 2.71. The highest BCUT2D eigenvalue weighted by Crippen LogP contribution is 2.15. The van der Waals surface area contributed by atoms with Crippen molar-refractivity contribution in [3.8, 4) is 11.4 Å². The number of H-pyrrole nitrogens is 1. The molecule has 0 radical (unpaired) electrons. The molecule has 2 aromatic rings. The van der Waals surface area contributed by atoms with Crippen molar-refractivity contribution in [3.05, 3.63) is 18.2 Å². The third kappa shape index (κ3) is 1.22. The fourth-order valence-corrected chi connectivity index (χ4v) is 1.35. The molecule has 0 aliphatic carbocycles. The standard InChI is InChI=1S/C8H11N5/c1-3-13-6(2)11-12-8(13)7-4-9-10-5-7/h4-5H,3H2,1-2H3,(H,9,10). The van der Waals surface area contributed by atoms with E-state index in [1.807, 2.05) is 17.7 Å². The number of aromatic amines is 1. The predicted octanol–water partition coefficient (Wildman–Crippen LogP) is 0.997. The molecule has 0 fully saturated rings. The van der Waals surface area contributed by atoms with Gasteiger partial charge in [0.15, 0.2) is 5.82 Å². The second-order valence-corrected chi connectivity index (χ2v) is 2.80. The first-order chi connectivity index (χ1) is 6.33. The molecular weight excluding hydrogens is 166 g/mol. The molecule has 0 aliphatic heterocycles. The van der Waals surface area contributed by atoms with Gasteiger partial charge in [0.05, 0.1) is 11.8 Å². The van der Waals surface area contributed by atoms with E-state index in [1.54, 1.807) is 6.20 Å². The zero-order valence-corrected chi connectivity index (χ0v) is 7.65. The first kappa shape index (κ1) is 7.97. The van der Waals surface area contributed by atoms with E-state index in [2.05, 4.69) is 27.3 Å². The number of nitrogens with zero attached hydrogens (tertiary/aromatic N) is 4. The van der Waals surface area contributed by atoms with Crippen molar-refractivity contribution in [2.45, 2.75) is 20.4 Å². The van der Waals surface area contributed by atoms with Gasteiger partial charge in [0.1, 0.15) is 5.82 Å². The Morgan fingerprint density at radius 3 is 2.92 bits per heavy atom. The molecule has 2 heterocycles. The molecule has 1 N–H and O–H groups in total. The van der Waals surface area contributed by atoms with Crippen LogP contribution in [0.25, 0.3) is 11.4 Å². The Kier molecular flexibility index (Phi) is 1.84. The topological polar surface area (TPSA) is 59.4 Å². The smallest absolute Gasteiger partial charge is 0.167 e. The number of nitrogens with one attached hydrogen (secondary N) is 1. The van der Waals surface area contributed by atoms with Crippen LogP contribution in [0.15, 0.2) is 12.4 Å². The summed E-state index contributed by atoms with van der Waals surface area (Å²) in [5.74, 6) is 1.80. The van der Waals surface area contributed by atoms with Crippen molar-refractivity contribution >= 4 is 0 Å². The second-order valence-electron chi connectivity index (χ2n) is 2.80. The summed E-state index contributed by atoms with van der Waals surface area (Å²) in [6, 6.07) is 0. The van der Waals surface area contributed by atoms with Crippen molar-refractivity contribution in [2.75, 3.05) is 0 Å². The van der Waals surface area contributed by atoms with Crippen molar-refractivity contribution in [3.63, 3.8) is 0 Å². The summed E-state index contributed by atoms with van der Waals surface area (Å²) in [5.41, 5.74) is 0.974. The van der Waals surface area contributed by atoms with E-state index in [1.165, 1.54) is 0 Å². The van der Waals surface area contributed by atoms with Crippen molar-refractivity contribution < 1.29 is 0 Å². The van der Waals surface area contributed by atoms with Gasteiger partial charge in [-0.2, -0.15) is 5.10 Å². The van der Waals surface area contributed by atoms with Crippen LogP contribution < -0.4 is 0 Å². The molecule has 2 aromatic heterocycles. The molecule has 2 rings (SSSR count). The van der Waals surface area contributed by atoms with E-state index in [0.29, 0.717) is 0 Å². The number of rotatable bonds is 2. The van der Waals surface area contributed by atoms with Gasteiger partial charge < -0.3 is 4.57 Å². The summed E-state index contributed by atoms with van der Waals surface area (Å²) in [4.78, 5) is 0. The summed E-state index contributed by atoms with van der Waals surface area (Å²) >= 11 is 0. The molecule has 68 valence electrons. The Morgan fingerprint density at radius 1 is 1.46 bits per heavy atom. The van der Waals surface area contributed by atoms with E-state index in [-0.39, 0.29) is 0 Å². The SMILES string of the molecule is CCn1c(C)nnc1-c1cn[nH]c1. The lowest BCUT2D eigenvalue weighted by Crippen LogP contribution is -1.99. The van der Waals surface area contributed by atoms with Crippen LogP contribution in [0.1, 0.15) is 12.7 Å². The van der Waals surface area contributed by atoms with Gasteiger partial charge in [-0.1, -0.05) is 0 Å². The molecule has 0 saturated heterocycles. The molecule has 0 saturated carbocycles. The molecule has 13 heavy (non-hydrogen) atoms. The van der Waals surface area contributed by atoms with E-state index < -0.39 is 0 Å². The number of aromatic nitrogens is 5. The highest BCUT2D eigenvalue weighted by molar-refractivity contribution is 5.52. The lowest BCUT2D eigenvalue weighted by molar-refractivity contribution is 0.737. The van der Waals surface area contributed by atoms with Crippen LogP contribution in [0.5, 0.6) is 0 Å². The van der Waals surface area contributed by atoms with Crippen LogP contribution in [-0.2, 0) is 6.54 Å². The van der Waals surface area contributed by atoms with Crippen molar-refractivity contribution in [1.82, 2.24) is 25.0 Å². The van der Waals surface area contributed by atoms with E-state index in [0.717, 1.165) is 23.8 Å². The van der Waals surface area contributed by atoms with Crippen LogP contribution in [0, 0.1) is 6.92 Å². The Balaban J connectivity index is 2.52. The van der Waals surface area contributed by atoms with Gasteiger partial charge >= 0.3 is 0 Å². The normalized spacial score (nSPS) is 10.6. The van der Waals surface area contributed by atoms with E-state index in [4.69, 9.17) is 0 Å². The minimum atomic E-state index is 0.869. The molecule has 5 heteroatoms. The summed E-state index contributed by atoms with van der Waals surface area (Å²) in [7, 11) is 0. The lowest BCUT2D eigenvalue weighted by Gasteiger charge is -2.01. The van der Waals surface area contributed by atoms with Gasteiger partial charge in [0, 0.05) is 12.7 Å². The maximum Gasteiger partial charge on any atom is 0.167 e. The van der Waals surface area contributed by atoms with Gasteiger partial charge in [-0.3, -0.25) is 5.10 Å². The molecule has 5 nitrogen and oxygen atoms in total. The first-order valence-corrected chi connectivity index (χ1v) is 4.22. The predicted molar refractivity (Wildman–Crippen MR) is 48.0 cm³/mol. The summed E-state index contributed by atoms with van der Waals surface area (Å²) in [5, 5.41) is 14.7. The number of hydrogen-bond donors (Lipinski definition) is 1. The third-order valence-electron chi connectivity index (χ3n) is 2.01. The molecule has 0 unspecified atom stereocenters. The third-order valence-corrected chi connectivity index (χ3v) is 2.01. The van der Waals surface area contributed by atoms with Crippen LogP contribution in [0.2, 0.25) is 0 Å². The minimum absolute atomic E-state index is 0.869. The average molecular weight is 177 g/mol. The van der Waals surface area contributed by atoms with Gasteiger partial charge in [-0.05, 0) is 13.8 Å². The summed E-state index contributed by atoms with van der Waals surface area (Å²) in [6.45, 7) is 4.89. The minimum Gasteiger partial charge on any atom is -0.311 e. The quantitative estimate of drug-likeness (QED) is 0.744. The Hall–Kier alpha value is -1.65. The van der Waals surface area contributed by atoms with Crippen LogP contribution in [0.3, 0.4) is 0 Å². The van der Waals surface area contributed by atoms with Crippen LogP contribution >= 0.6 is 0 Å². The van der Waals surface area contributed by atoms with E-state index >= 15 is 0 Å². The number of hydrogen-bond acceptors (Lipinski definition) is 3. The highest BCUT2D eigenvalue weighted by atomic mass is 15.3. The molecule has 0 spiro atoms. The van der Waals surface area contributed by atoms with Gasteiger partial charge in [-0.25, -0.2) is 0 Å². The maximum absolute atomic E-state index is 4.08. The van der Waals surface area contributed by atoms with Gasteiger partial charge in [0.25, 0.3) is 0 Å². The number of aryl methyl sites for hydroxylation is 1. The summed E-state index contributed by atoms with van der Waals surface area (Å²) in [6.07, 6.45) is 3.56. The van der Waals surface area contributed by atoms with Gasteiger partial charge in [0.2, 0.25) is 0 Å².